The molecule has 82 valence electrons. The minimum atomic E-state index is 0. The number of rotatable bonds is 0. The fourth-order valence-corrected chi connectivity index (χ4v) is 0.855. The third-order valence-corrected chi connectivity index (χ3v) is 1.45. The molecule has 15 heavy (non-hydrogen) atoms. The second-order valence-corrected chi connectivity index (χ2v) is 2.47. The third kappa shape index (κ3) is 14.3. The van der Waals surface area contributed by atoms with Gasteiger partial charge in [-0.2, -0.15) is 12.2 Å². The van der Waals surface area contributed by atoms with Crippen LogP contribution in [0.15, 0.2) is 36.0 Å². The molecule has 3 heteroatoms. The van der Waals surface area contributed by atoms with Gasteiger partial charge in [-0.05, 0) is 0 Å². The normalized spacial score (nSPS) is 13.7. The molecule has 2 aliphatic rings. The fourth-order valence-electron chi connectivity index (χ4n) is 0.855. The van der Waals surface area contributed by atoms with Crippen LogP contribution < -0.4 is 24.8 Å². The summed E-state index contributed by atoms with van der Waals surface area (Å²) in [7, 11) is 0. The minimum Gasteiger partial charge on any atom is -1.00 e. The second-order valence-electron chi connectivity index (χ2n) is 2.47. The van der Waals surface area contributed by atoms with E-state index in [-0.39, 0.29) is 24.8 Å². The van der Waals surface area contributed by atoms with E-state index in [1.807, 2.05) is 12.2 Å². The van der Waals surface area contributed by atoms with Gasteiger partial charge in [0.05, 0.1) is 0 Å². The van der Waals surface area contributed by atoms with Crippen molar-refractivity contribution in [1.29, 1.82) is 0 Å². The maximum Gasteiger partial charge on any atom is -1.00 e. The van der Waals surface area contributed by atoms with Gasteiger partial charge in [0.25, 0.3) is 0 Å². The number of allylic oxidation sites excluding steroid dienone is 8. The van der Waals surface area contributed by atoms with Crippen LogP contribution in [0.1, 0.15) is 19.8 Å². The number of hydrogen-bond acceptors (Lipinski definition) is 0. The summed E-state index contributed by atoms with van der Waals surface area (Å²) in [5.41, 5.74) is 1.27. The zero-order chi connectivity index (χ0) is 9.94. The van der Waals surface area contributed by atoms with Crippen LogP contribution in [0.5, 0.6) is 0 Å². The molecule has 0 saturated heterocycles. The minimum absolute atomic E-state index is 0. The molecule has 0 atom stereocenters. The molecule has 0 amide bonds. The summed E-state index contributed by atoms with van der Waals surface area (Å²) in [5, 5.41) is 0. The Hall–Kier alpha value is 0.293. The van der Waals surface area contributed by atoms with Crippen molar-refractivity contribution >= 4 is 4.21 Å². The fraction of sp³-hybridized carbons (Fsp3) is 0.250. The molecule has 0 aromatic heterocycles. The van der Waals surface area contributed by atoms with Crippen molar-refractivity contribution in [3.05, 3.63) is 48.1 Å². The summed E-state index contributed by atoms with van der Waals surface area (Å²) >= 11 is 1.30. The van der Waals surface area contributed by atoms with Crippen molar-refractivity contribution in [3.8, 4) is 0 Å². The molecule has 0 saturated carbocycles. The molecule has 0 aliphatic heterocycles. The largest absolute Gasteiger partial charge is 1.00 e. The molecule has 2 aliphatic carbocycles. The van der Waals surface area contributed by atoms with E-state index in [9.17, 15) is 0 Å². The maximum atomic E-state index is 3.34. The molecule has 0 bridgehead atoms. The van der Waals surface area contributed by atoms with Crippen molar-refractivity contribution in [1.82, 2.24) is 0 Å². The molecule has 0 radical (unpaired) electrons. The Kier molecular flexibility index (Phi) is 23.0. The van der Waals surface area contributed by atoms with Crippen LogP contribution in [0.4, 0.5) is 0 Å². The Labute approximate surface area is 120 Å². The predicted molar refractivity (Wildman–Crippen MR) is 54.9 cm³/mol. The van der Waals surface area contributed by atoms with Gasteiger partial charge in [-0.25, -0.2) is 23.8 Å². The third-order valence-electron chi connectivity index (χ3n) is 1.45. The smallest absolute Gasteiger partial charge is 1.00 e. The predicted octanol–water partition coefficient (Wildman–Crippen LogP) is -3.03. The molecule has 0 spiro atoms. The van der Waals surface area contributed by atoms with E-state index >= 15 is 0 Å². The van der Waals surface area contributed by atoms with Crippen LogP contribution in [-0.2, 0) is 24.2 Å². The van der Waals surface area contributed by atoms with Gasteiger partial charge in [-0.15, -0.1) is 12.8 Å². The van der Waals surface area contributed by atoms with Crippen molar-refractivity contribution < 1.29 is 49.0 Å². The Morgan fingerprint density at radius 1 is 1.20 bits per heavy atom. The maximum absolute atomic E-state index is 3.34. The quantitative estimate of drug-likeness (QED) is 0.417. The molecule has 0 fully saturated rings. The summed E-state index contributed by atoms with van der Waals surface area (Å²) in [6.45, 7) is 2.06. The zero-order valence-corrected chi connectivity index (χ0v) is 12.7. The van der Waals surface area contributed by atoms with Gasteiger partial charge >= 0.3 is 28.4 Å². The monoisotopic (exact) mass is 318 g/mol. The van der Waals surface area contributed by atoms with Crippen molar-refractivity contribution in [2.75, 3.05) is 0 Å². The molecule has 0 aromatic rings. The van der Waals surface area contributed by atoms with E-state index in [0.717, 1.165) is 12.8 Å². The molecular weight excluding hydrogens is 306 g/mol. The second kappa shape index (κ2) is 16.7. The molecular formula is C12H14Cl2Zr-2. The first-order valence-electron chi connectivity index (χ1n) is 4.20. The van der Waals surface area contributed by atoms with Crippen molar-refractivity contribution in [2.24, 2.45) is 0 Å². The van der Waals surface area contributed by atoms with Gasteiger partial charge < -0.3 is 24.8 Å². The Morgan fingerprint density at radius 3 is 2.00 bits per heavy atom. The van der Waals surface area contributed by atoms with Crippen LogP contribution in [0.2, 0.25) is 0 Å². The Bertz CT molecular complexity index is 227. The zero-order valence-electron chi connectivity index (χ0n) is 8.76. The molecule has 0 unspecified atom stereocenters. The molecule has 0 aromatic carbocycles. The average molecular weight is 320 g/mol. The summed E-state index contributed by atoms with van der Waals surface area (Å²) in [6.07, 6.45) is 18.3. The Morgan fingerprint density at radius 2 is 1.87 bits per heavy atom. The van der Waals surface area contributed by atoms with Crippen molar-refractivity contribution in [3.63, 3.8) is 0 Å². The van der Waals surface area contributed by atoms with Crippen LogP contribution in [0, 0.1) is 12.2 Å². The van der Waals surface area contributed by atoms with Gasteiger partial charge in [0, 0.05) is 0 Å². The SMILES string of the molecule is CC1=[C-]CC=C1.[C-]1=CC=CC1.[CH2]=[Zr+2].[Cl-].[Cl-]. The van der Waals surface area contributed by atoms with Crippen LogP contribution >= 0.6 is 0 Å². The van der Waals surface area contributed by atoms with E-state index in [4.69, 9.17) is 0 Å². The van der Waals surface area contributed by atoms with E-state index in [1.165, 1.54) is 29.8 Å². The van der Waals surface area contributed by atoms with Crippen LogP contribution in [0.25, 0.3) is 0 Å². The van der Waals surface area contributed by atoms with Gasteiger partial charge in [0.15, 0.2) is 0 Å². The van der Waals surface area contributed by atoms with Gasteiger partial charge in [0.2, 0.25) is 0 Å². The first-order chi connectivity index (χ1) is 6.39. The molecule has 0 heterocycles. The average Bonchev–Trinajstić information content (AvgIpc) is 2.81. The van der Waals surface area contributed by atoms with Crippen LogP contribution in [0.3, 0.4) is 0 Å². The van der Waals surface area contributed by atoms with Crippen molar-refractivity contribution in [2.45, 2.75) is 19.8 Å². The van der Waals surface area contributed by atoms with Gasteiger partial charge in [0.1, 0.15) is 0 Å². The van der Waals surface area contributed by atoms with Gasteiger partial charge in [-0.1, -0.05) is 6.92 Å². The first kappa shape index (κ1) is 20.7. The van der Waals surface area contributed by atoms with Crippen LogP contribution in [-0.4, -0.2) is 4.21 Å². The first-order valence-corrected chi connectivity index (χ1v) is 5.94. The molecule has 0 nitrogen and oxygen atoms in total. The topological polar surface area (TPSA) is 0 Å². The summed E-state index contributed by atoms with van der Waals surface area (Å²) in [6, 6.07) is 0. The van der Waals surface area contributed by atoms with E-state index < -0.39 is 0 Å². The standard InChI is InChI=1S/C6H7.C5H5.CH2.2ClH.Zr/c1-6-4-2-3-5-6;1-2-4-5-3-1;;;;/h2,4H,3H2,1H3;1-3H,4H2;1H2;2*1H;/q2*-1;;;;+2/p-2. The summed E-state index contributed by atoms with van der Waals surface area (Å²) in [5.74, 6) is 0. The van der Waals surface area contributed by atoms with E-state index in [0.29, 0.717) is 0 Å². The molecule has 0 N–H and O–H groups in total. The molecule has 2 rings (SSSR count). The summed E-state index contributed by atoms with van der Waals surface area (Å²) < 4.78 is 3.34. The Balaban J connectivity index is -0.000000149. The van der Waals surface area contributed by atoms with Gasteiger partial charge in [-0.3, -0.25) is 12.2 Å². The number of hydrogen-bond donors (Lipinski definition) is 0. The van der Waals surface area contributed by atoms with E-state index in [1.54, 1.807) is 0 Å². The summed E-state index contributed by atoms with van der Waals surface area (Å²) in [4.78, 5) is 0. The number of halogens is 2. The van der Waals surface area contributed by atoms with E-state index in [2.05, 4.69) is 41.5 Å².